The van der Waals surface area contributed by atoms with Gasteiger partial charge in [0.15, 0.2) is 0 Å². The topological polar surface area (TPSA) is 55.1 Å². The molecule has 3 nitrogen and oxygen atoms in total. The molecule has 1 aliphatic rings. The SMILES string of the molecule is NC1C(=O)Nc2cc(SCc3ccccc3)c(Cl)cc21. The van der Waals surface area contributed by atoms with Gasteiger partial charge in [-0.1, -0.05) is 41.9 Å². The Hall–Kier alpha value is -1.49. The van der Waals surface area contributed by atoms with Crippen LogP contribution in [-0.4, -0.2) is 5.91 Å². The summed E-state index contributed by atoms with van der Waals surface area (Å²) in [5.74, 6) is 0.653. The van der Waals surface area contributed by atoms with Crippen LogP contribution in [0.4, 0.5) is 5.69 Å². The first-order chi connectivity index (χ1) is 9.65. The van der Waals surface area contributed by atoms with E-state index in [1.54, 1.807) is 17.8 Å². The molecular weight excluding hydrogens is 292 g/mol. The zero-order valence-electron chi connectivity index (χ0n) is 10.6. The first kappa shape index (κ1) is 13.5. The maximum absolute atomic E-state index is 11.5. The number of nitrogens with two attached hydrogens (primary N) is 1. The molecule has 1 unspecified atom stereocenters. The van der Waals surface area contributed by atoms with Crippen molar-refractivity contribution in [1.82, 2.24) is 0 Å². The fourth-order valence-electron chi connectivity index (χ4n) is 2.13. The highest BCUT2D eigenvalue weighted by Crippen LogP contribution is 2.38. The molecule has 1 aliphatic heterocycles. The molecule has 0 saturated heterocycles. The Labute approximate surface area is 126 Å². The summed E-state index contributed by atoms with van der Waals surface area (Å²) in [6.07, 6.45) is 0. The van der Waals surface area contributed by atoms with E-state index in [4.69, 9.17) is 17.3 Å². The minimum Gasteiger partial charge on any atom is -0.324 e. The van der Waals surface area contributed by atoms with Gasteiger partial charge in [-0.3, -0.25) is 4.79 Å². The molecule has 0 aliphatic carbocycles. The number of fused-ring (bicyclic) bond motifs is 1. The van der Waals surface area contributed by atoms with Gasteiger partial charge in [0.1, 0.15) is 6.04 Å². The molecule has 2 aromatic carbocycles. The molecule has 5 heteroatoms. The third-order valence-electron chi connectivity index (χ3n) is 3.22. The van der Waals surface area contributed by atoms with Gasteiger partial charge in [0.25, 0.3) is 0 Å². The molecule has 0 fully saturated rings. The smallest absolute Gasteiger partial charge is 0.245 e. The van der Waals surface area contributed by atoms with E-state index in [1.165, 1.54) is 5.56 Å². The maximum Gasteiger partial charge on any atom is 0.245 e. The Balaban J connectivity index is 1.82. The molecule has 0 bridgehead atoms. The monoisotopic (exact) mass is 304 g/mol. The quantitative estimate of drug-likeness (QED) is 0.852. The predicted molar refractivity (Wildman–Crippen MR) is 83.0 cm³/mol. The van der Waals surface area contributed by atoms with Crippen molar-refractivity contribution in [2.45, 2.75) is 16.7 Å². The summed E-state index contributed by atoms with van der Waals surface area (Å²) in [6, 6.07) is 13.2. The Morgan fingerprint density at radius 3 is 2.75 bits per heavy atom. The summed E-state index contributed by atoms with van der Waals surface area (Å²) in [5, 5.41) is 3.41. The van der Waals surface area contributed by atoms with Crippen LogP contribution in [0.2, 0.25) is 5.02 Å². The Bertz CT molecular complexity index is 660. The maximum atomic E-state index is 11.5. The highest BCUT2D eigenvalue weighted by molar-refractivity contribution is 7.98. The number of hydrogen-bond donors (Lipinski definition) is 2. The van der Waals surface area contributed by atoms with Gasteiger partial charge in [0.05, 0.1) is 5.02 Å². The van der Waals surface area contributed by atoms with Crippen LogP contribution in [0.25, 0.3) is 0 Å². The molecule has 3 rings (SSSR count). The molecule has 3 N–H and O–H groups in total. The Morgan fingerprint density at radius 2 is 2.00 bits per heavy atom. The number of anilines is 1. The number of carbonyl (C=O) groups is 1. The Morgan fingerprint density at radius 1 is 1.25 bits per heavy atom. The zero-order valence-corrected chi connectivity index (χ0v) is 12.2. The molecule has 1 heterocycles. The average Bonchev–Trinajstić information content (AvgIpc) is 2.73. The summed E-state index contributed by atoms with van der Waals surface area (Å²) in [7, 11) is 0. The summed E-state index contributed by atoms with van der Waals surface area (Å²) in [4.78, 5) is 12.5. The van der Waals surface area contributed by atoms with Gasteiger partial charge < -0.3 is 11.1 Å². The van der Waals surface area contributed by atoms with Gasteiger partial charge >= 0.3 is 0 Å². The van der Waals surface area contributed by atoms with Gasteiger partial charge in [-0.05, 0) is 17.7 Å². The number of benzene rings is 2. The van der Waals surface area contributed by atoms with Crippen LogP contribution in [0.1, 0.15) is 17.2 Å². The lowest BCUT2D eigenvalue weighted by Gasteiger charge is -2.08. The normalized spacial score (nSPS) is 16.9. The van der Waals surface area contributed by atoms with E-state index < -0.39 is 6.04 Å². The van der Waals surface area contributed by atoms with E-state index in [2.05, 4.69) is 17.4 Å². The van der Waals surface area contributed by atoms with Crippen molar-refractivity contribution in [1.29, 1.82) is 0 Å². The molecular formula is C15H13ClN2OS. The van der Waals surface area contributed by atoms with Crippen molar-refractivity contribution in [3.8, 4) is 0 Å². The lowest BCUT2D eigenvalue weighted by Crippen LogP contribution is -2.19. The first-order valence-electron chi connectivity index (χ1n) is 6.22. The molecule has 0 aromatic heterocycles. The largest absolute Gasteiger partial charge is 0.324 e. The number of amides is 1. The van der Waals surface area contributed by atoms with Crippen molar-refractivity contribution in [2.75, 3.05) is 5.32 Å². The van der Waals surface area contributed by atoms with E-state index in [9.17, 15) is 4.79 Å². The molecule has 0 spiro atoms. The van der Waals surface area contributed by atoms with Crippen LogP contribution < -0.4 is 11.1 Å². The van der Waals surface area contributed by atoms with Gasteiger partial charge in [-0.2, -0.15) is 0 Å². The highest BCUT2D eigenvalue weighted by atomic mass is 35.5. The molecule has 2 aromatic rings. The molecule has 0 saturated carbocycles. The van der Waals surface area contributed by atoms with E-state index >= 15 is 0 Å². The van der Waals surface area contributed by atoms with Gasteiger partial charge in [0.2, 0.25) is 5.91 Å². The summed E-state index contributed by atoms with van der Waals surface area (Å²) in [6.45, 7) is 0. The second-order valence-corrected chi connectivity index (χ2v) is 6.04. The highest BCUT2D eigenvalue weighted by Gasteiger charge is 2.28. The average molecular weight is 305 g/mol. The Kier molecular flexibility index (Phi) is 3.70. The number of halogens is 1. The number of nitrogens with one attached hydrogen (secondary N) is 1. The van der Waals surface area contributed by atoms with E-state index in [1.807, 2.05) is 24.3 Å². The van der Waals surface area contributed by atoms with Crippen molar-refractivity contribution < 1.29 is 4.79 Å². The van der Waals surface area contributed by atoms with Crippen LogP contribution in [0, 0.1) is 0 Å². The third-order valence-corrected chi connectivity index (χ3v) is 4.77. The van der Waals surface area contributed by atoms with Crippen LogP contribution in [-0.2, 0) is 10.5 Å². The van der Waals surface area contributed by atoms with Crippen LogP contribution in [0.5, 0.6) is 0 Å². The lowest BCUT2D eigenvalue weighted by atomic mass is 10.1. The van der Waals surface area contributed by atoms with E-state index in [-0.39, 0.29) is 5.91 Å². The van der Waals surface area contributed by atoms with Crippen LogP contribution in [0.15, 0.2) is 47.4 Å². The summed E-state index contributed by atoms with van der Waals surface area (Å²) >= 11 is 7.92. The van der Waals surface area contributed by atoms with Gasteiger partial charge in [-0.25, -0.2) is 0 Å². The van der Waals surface area contributed by atoms with Crippen molar-refractivity contribution in [3.63, 3.8) is 0 Å². The minimum atomic E-state index is -0.615. The summed E-state index contributed by atoms with van der Waals surface area (Å²) < 4.78 is 0. The number of rotatable bonds is 3. The second-order valence-electron chi connectivity index (χ2n) is 4.61. The fraction of sp³-hybridized carbons (Fsp3) is 0.133. The van der Waals surface area contributed by atoms with Crippen molar-refractivity contribution in [2.24, 2.45) is 5.73 Å². The standard InChI is InChI=1S/C15H13ClN2OS/c16-11-6-10-12(18-15(19)14(10)17)7-13(11)20-8-9-4-2-1-3-5-9/h1-7,14H,8,17H2,(H,18,19). The second kappa shape index (κ2) is 5.48. The molecule has 0 radical (unpaired) electrons. The molecule has 1 atom stereocenters. The lowest BCUT2D eigenvalue weighted by molar-refractivity contribution is -0.116. The number of hydrogen-bond acceptors (Lipinski definition) is 3. The first-order valence-corrected chi connectivity index (χ1v) is 7.58. The van der Waals surface area contributed by atoms with E-state index in [0.717, 1.165) is 21.9 Å². The summed E-state index contributed by atoms with van der Waals surface area (Å²) in [5.41, 5.74) is 8.56. The predicted octanol–water partition coefficient (Wildman–Crippen LogP) is 3.58. The number of carbonyl (C=O) groups excluding carboxylic acids is 1. The van der Waals surface area contributed by atoms with E-state index in [0.29, 0.717) is 5.02 Å². The van der Waals surface area contributed by atoms with Crippen LogP contribution in [0.3, 0.4) is 0 Å². The fourth-order valence-corrected chi connectivity index (χ4v) is 3.38. The van der Waals surface area contributed by atoms with Gasteiger partial charge in [-0.15, -0.1) is 11.8 Å². The van der Waals surface area contributed by atoms with Gasteiger partial charge in [0, 0.05) is 21.9 Å². The van der Waals surface area contributed by atoms with Crippen molar-refractivity contribution in [3.05, 3.63) is 58.6 Å². The zero-order chi connectivity index (χ0) is 14.1. The van der Waals surface area contributed by atoms with Crippen molar-refractivity contribution >= 4 is 35.0 Å². The molecule has 1 amide bonds. The third kappa shape index (κ3) is 2.54. The van der Waals surface area contributed by atoms with Crippen LogP contribution >= 0.6 is 23.4 Å². The minimum absolute atomic E-state index is 0.179. The molecule has 102 valence electrons. The number of thioether (sulfide) groups is 1. The molecule has 20 heavy (non-hydrogen) atoms.